The molecule has 0 amide bonds. The molecule has 1 aromatic carbocycles. The molecular weight excluding hydrogens is 310 g/mol. The summed E-state index contributed by atoms with van der Waals surface area (Å²) in [6.45, 7) is 1.59. The molecule has 7 heteroatoms. The standard InChI is InChI=1S/C17H17N3O4/c18-8-13-10-20(17(22)19-16(13)21)9-12-3-5-14(6-4-12)24-11-15-2-1-7-23-15/h3-6,10,15H,1-2,7,9,11H2,(H,19,21,22)/t15-/m0/s1. The fourth-order valence-electron chi connectivity index (χ4n) is 2.56. The van der Waals surface area contributed by atoms with Gasteiger partial charge in [-0.05, 0) is 30.5 Å². The van der Waals surface area contributed by atoms with Crippen LogP contribution in [0.4, 0.5) is 0 Å². The minimum absolute atomic E-state index is 0.0916. The topological polar surface area (TPSA) is 97.1 Å². The van der Waals surface area contributed by atoms with Crippen LogP contribution in [0.15, 0.2) is 40.1 Å². The number of aromatic amines is 1. The van der Waals surface area contributed by atoms with Gasteiger partial charge in [0.1, 0.15) is 24.0 Å². The Morgan fingerprint density at radius 1 is 1.33 bits per heavy atom. The zero-order valence-electron chi connectivity index (χ0n) is 13.0. The Balaban J connectivity index is 1.67. The predicted molar refractivity (Wildman–Crippen MR) is 86.1 cm³/mol. The largest absolute Gasteiger partial charge is 0.491 e. The van der Waals surface area contributed by atoms with E-state index in [1.165, 1.54) is 10.8 Å². The molecule has 1 atom stereocenters. The van der Waals surface area contributed by atoms with Gasteiger partial charge in [0.15, 0.2) is 0 Å². The highest BCUT2D eigenvalue weighted by Gasteiger charge is 2.15. The van der Waals surface area contributed by atoms with Gasteiger partial charge in [-0.15, -0.1) is 0 Å². The maximum atomic E-state index is 11.8. The lowest BCUT2D eigenvalue weighted by molar-refractivity contribution is 0.0679. The molecule has 3 rings (SSSR count). The van der Waals surface area contributed by atoms with E-state index in [9.17, 15) is 9.59 Å². The molecule has 2 heterocycles. The van der Waals surface area contributed by atoms with Crippen LogP contribution in [0.3, 0.4) is 0 Å². The van der Waals surface area contributed by atoms with Gasteiger partial charge >= 0.3 is 5.69 Å². The lowest BCUT2D eigenvalue weighted by atomic mass is 10.2. The first-order chi connectivity index (χ1) is 11.7. The van der Waals surface area contributed by atoms with Gasteiger partial charge in [-0.2, -0.15) is 5.26 Å². The molecule has 0 spiro atoms. The van der Waals surface area contributed by atoms with Crippen molar-refractivity contribution < 1.29 is 9.47 Å². The number of aromatic nitrogens is 2. The average molecular weight is 327 g/mol. The van der Waals surface area contributed by atoms with Crippen LogP contribution in [-0.4, -0.2) is 28.9 Å². The van der Waals surface area contributed by atoms with E-state index in [0.717, 1.165) is 30.8 Å². The predicted octanol–water partition coefficient (Wildman–Crippen LogP) is 1.01. The van der Waals surface area contributed by atoms with E-state index in [0.29, 0.717) is 6.61 Å². The summed E-state index contributed by atoms with van der Waals surface area (Å²) in [6.07, 6.45) is 3.53. The third-order valence-electron chi connectivity index (χ3n) is 3.87. The van der Waals surface area contributed by atoms with Crippen LogP contribution >= 0.6 is 0 Å². The number of hydrogen-bond donors (Lipinski definition) is 1. The minimum atomic E-state index is -0.670. The van der Waals surface area contributed by atoms with Crippen LogP contribution in [0.1, 0.15) is 24.0 Å². The summed E-state index contributed by atoms with van der Waals surface area (Å²) in [5.41, 5.74) is -0.446. The fourth-order valence-corrected chi connectivity index (χ4v) is 2.56. The van der Waals surface area contributed by atoms with Gasteiger partial charge in [-0.3, -0.25) is 14.3 Å². The highest BCUT2D eigenvalue weighted by Crippen LogP contribution is 2.16. The Labute approximate surface area is 138 Å². The number of H-pyrrole nitrogens is 1. The van der Waals surface area contributed by atoms with Gasteiger partial charge in [0, 0.05) is 12.8 Å². The molecule has 1 saturated heterocycles. The average Bonchev–Trinajstić information content (AvgIpc) is 3.10. The van der Waals surface area contributed by atoms with E-state index in [2.05, 4.69) is 4.98 Å². The van der Waals surface area contributed by atoms with Gasteiger partial charge in [-0.1, -0.05) is 12.1 Å². The number of ether oxygens (including phenoxy) is 2. The first-order valence-corrected chi connectivity index (χ1v) is 7.73. The van der Waals surface area contributed by atoms with Crippen LogP contribution in [0.2, 0.25) is 0 Å². The van der Waals surface area contributed by atoms with Crippen LogP contribution in [-0.2, 0) is 11.3 Å². The maximum Gasteiger partial charge on any atom is 0.328 e. The van der Waals surface area contributed by atoms with Crippen molar-refractivity contribution in [2.24, 2.45) is 0 Å². The smallest absolute Gasteiger partial charge is 0.328 e. The number of nitrogens with zero attached hydrogens (tertiary/aromatic N) is 2. The van der Waals surface area contributed by atoms with Crippen molar-refractivity contribution in [1.82, 2.24) is 9.55 Å². The summed E-state index contributed by atoms with van der Waals surface area (Å²) in [5, 5.41) is 8.87. The lowest BCUT2D eigenvalue weighted by Crippen LogP contribution is -2.31. The van der Waals surface area contributed by atoms with E-state index in [1.54, 1.807) is 6.07 Å². The van der Waals surface area contributed by atoms with Crippen LogP contribution < -0.4 is 16.0 Å². The second-order valence-electron chi connectivity index (χ2n) is 5.63. The van der Waals surface area contributed by atoms with E-state index < -0.39 is 11.2 Å². The van der Waals surface area contributed by atoms with E-state index in [-0.39, 0.29) is 18.2 Å². The molecule has 1 N–H and O–H groups in total. The molecular formula is C17H17N3O4. The molecule has 124 valence electrons. The van der Waals surface area contributed by atoms with Crippen molar-refractivity contribution in [3.05, 3.63) is 62.4 Å². The third kappa shape index (κ3) is 3.73. The van der Waals surface area contributed by atoms with Crippen molar-refractivity contribution in [3.8, 4) is 11.8 Å². The molecule has 1 aliphatic rings. The quantitative estimate of drug-likeness (QED) is 0.884. The molecule has 7 nitrogen and oxygen atoms in total. The Bertz CT molecular complexity index is 855. The molecule has 0 radical (unpaired) electrons. The Hall–Kier alpha value is -2.85. The van der Waals surface area contributed by atoms with Gasteiger partial charge in [0.25, 0.3) is 5.56 Å². The molecule has 1 fully saturated rings. The molecule has 1 aromatic heterocycles. The highest BCUT2D eigenvalue weighted by molar-refractivity contribution is 5.28. The van der Waals surface area contributed by atoms with Crippen LogP contribution in [0.5, 0.6) is 5.75 Å². The molecule has 1 aliphatic heterocycles. The first kappa shape index (κ1) is 16.0. The second-order valence-corrected chi connectivity index (χ2v) is 5.63. The van der Waals surface area contributed by atoms with Crippen molar-refractivity contribution in [3.63, 3.8) is 0 Å². The van der Waals surface area contributed by atoms with Gasteiger partial charge in [0.2, 0.25) is 0 Å². The highest BCUT2D eigenvalue weighted by atomic mass is 16.5. The lowest BCUT2D eigenvalue weighted by Gasteiger charge is -2.12. The Kier molecular flexibility index (Phi) is 4.77. The zero-order valence-corrected chi connectivity index (χ0v) is 13.0. The molecule has 0 saturated carbocycles. The summed E-state index contributed by atoms with van der Waals surface area (Å²) < 4.78 is 12.5. The van der Waals surface area contributed by atoms with Gasteiger partial charge in [-0.25, -0.2) is 4.79 Å². The summed E-state index contributed by atoms with van der Waals surface area (Å²) in [5.74, 6) is 0.737. The number of hydrogen-bond acceptors (Lipinski definition) is 5. The second kappa shape index (κ2) is 7.15. The number of nitriles is 1. The van der Waals surface area contributed by atoms with E-state index >= 15 is 0 Å². The fraction of sp³-hybridized carbons (Fsp3) is 0.353. The van der Waals surface area contributed by atoms with Crippen molar-refractivity contribution >= 4 is 0 Å². The maximum absolute atomic E-state index is 11.8. The SMILES string of the molecule is N#Cc1cn(Cc2ccc(OC[C@@H]3CCCO3)cc2)c(=O)[nH]c1=O. The zero-order chi connectivity index (χ0) is 16.9. The Morgan fingerprint density at radius 3 is 2.79 bits per heavy atom. The normalized spacial score (nSPS) is 16.7. The molecule has 2 aromatic rings. The van der Waals surface area contributed by atoms with E-state index in [1.807, 2.05) is 24.3 Å². The molecule has 24 heavy (non-hydrogen) atoms. The summed E-state index contributed by atoms with van der Waals surface area (Å²) in [7, 11) is 0. The number of benzene rings is 1. The first-order valence-electron chi connectivity index (χ1n) is 7.73. The number of rotatable bonds is 5. The van der Waals surface area contributed by atoms with E-state index in [4.69, 9.17) is 14.7 Å². The van der Waals surface area contributed by atoms with Crippen LogP contribution in [0, 0.1) is 11.3 Å². The summed E-state index contributed by atoms with van der Waals surface area (Å²) >= 11 is 0. The van der Waals surface area contributed by atoms with Gasteiger partial charge < -0.3 is 9.47 Å². The Morgan fingerprint density at radius 2 is 2.12 bits per heavy atom. The van der Waals surface area contributed by atoms with Crippen molar-refractivity contribution in [1.29, 1.82) is 5.26 Å². The third-order valence-corrected chi connectivity index (χ3v) is 3.87. The molecule has 0 unspecified atom stereocenters. The minimum Gasteiger partial charge on any atom is -0.491 e. The molecule has 0 aliphatic carbocycles. The van der Waals surface area contributed by atoms with Crippen molar-refractivity contribution in [2.45, 2.75) is 25.5 Å². The molecule has 0 bridgehead atoms. The number of nitrogens with one attached hydrogen (secondary N) is 1. The summed E-state index contributed by atoms with van der Waals surface area (Å²) in [4.78, 5) is 25.3. The van der Waals surface area contributed by atoms with Crippen LogP contribution in [0.25, 0.3) is 0 Å². The summed E-state index contributed by atoms with van der Waals surface area (Å²) in [6, 6.07) is 9.10. The van der Waals surface area contributed by atoms with Crippen molar-refractivity contribution in [2.75, 3.05) is 13.2 Å². The van der Waals surface area contributed by atoms with Gasteiger partial charge in [0.05, 0.1) is 12.6 Å². The monoisotopic (exact) mass is 327 g/mol.